The summed E-state index contributed by atoms with van der Waals surface area (Å²) in [5.74, 6) is 2.45. The largest absolute Gasteiger partial charge is 0.479 e. The Balaban J connectivity index is 1.72. The van der Waals surface area contributed by atoms with Crippen molar-refractivity contribution >= 4 is 0 Å². The lowest BCUT2D eigenvalue weighted by Crippen LogP contribution is -2.29. The Morgan fingerprint density at radius 3 is 2.70 bits per heavy atom. The highest BCUT2D eigenvalue weighted by atomic mass is 16.5. The lowest BCUT2D eigenvalue weighted by Gasteiger charge is -2.28. The van der Waals surface area contributed by atoms with Crippen LogP contribution in [0.1, 0.15) is 38.2 Å². The summed E-state index contributed by atoms with van der Waals surface area (Å²) in [6, 6.07) is 9.95. The number of nitriles is 1. The van der Waals surface area contributed by atoms with Crippen LogP contribution >= 0.6 is 0 Å². The second kappa shape index (κ2) is 7.91. The van der Waals surface area contributed by atoms with Gasteiger partial charge in [0.05, 0.1) is 0 Å². The zero-order valence-electron chi connectivity index (χ0n) is 12.3. The third-order valence-electron chi connectivity index (χ3n) is 4.25. The number of rotatable bonds is 6. The first-order valence-corrected chi connectivity index (χ1v) is 7.59. The van der Waals surface area contributed by atoms with Crippen LogP contribution in [0.25, 0.3) is 0 Å². The highest BCUT2D eigenvalue weighted by molar-refractivity contribution is 5.27. The van der Waals surface area contributed by atoms with Crippen LogP contribution in [-0.4, -0.2) is 13.2 Å². The molecule has 1 N–H and O–H groups in total. The minimum atomic E-state index is 0.108. The van der Waals surface area contributed by atoms with E-state index >= 15 is 0 Å². The first-order valence-electron chi connectivity index (χ1n) is 7.59. The van der Waals surface area contributed by atoms with E-state index < -0.39 is 0 Å². The van der Waals surface area contributed by atoms with Gasteiger partial charge in [0.1, 0.15) is 11.8 Å². The number of benzene rings is 1. The molecule has 0 aromatic heterocycles. The maximum Gasteiger partial charge on any atom is 0.174 e. The monoisotopic (exact) mass is 272 g/mol. The maximum absolute atomic E-state index is 8.46. The molecule has 1 aromatic carbocycles. The molecule has 2 rings (SSSR count). The minimum absolute atomic E-state index is 0.108. The van der Waals surface area contributed by atoms with Gasteiger partial charge in [0.2, 0.25) is 0 Å². The van der Waals surface area contributed by atoms with Crippen molar-refractivity contribution in [1.29, 1.82) is 5.26 Å². The fourth-order valence-corrected chi connectivity index (χ4v) is 2.92. The van der Waals surface area contributed by atoms with Gasteiger partial charge in [-0.2, -0.15) is 5.26 Å². The number of hydrogen-bond donors (Lipinski definition) is 1. The third-order valence-corrected chi connectivity index (χ3v) is 4.25. The van der Waals surface area contributed by atoms with Crippen molar-refractivity contribution in [1.82, 2.24) is 5.32 Å². The molecule has 108 valence electrons. The topological polar surface area (TPSA) is 45.0 Å². The summed E-state index contributed by atoms with van der Waals surface area (Å²) in [7, 11) is 0. The van der Waals surface area contributed by atoms with Gasteiger partial charge in [-0.15, -0.1) is 0 Å². The smallest absolute Gasteiger partial charge is 0.174 e. The average molecular weight is 272 g/mol. The van der Waals surface area contributed by atoms with E-state index in [0.29, 0.717) is 0 Å². The fraction of sp³-hybridized carbons (Fsp3) is 0.588. The molecule has 0 bridgehead atoms. The van der Waals surface area contributed by atoms with Crippen molar-refractivity contribution in [3.8, 4) is 11.8 Å². The molecular formula is C17H24N2O. The van der Waals surface area contributed by atoms with E-state index in [0.717, 1.165) is 30.7 Å². The molecule has 1 aliphatic rings. The van der Waals surface area contributed by atoms with Gasteiger partial charge in [0, 0.05) is 6.54 Å². The second-order valence-electron chi connectivity index (χ2n) is 5.74. The van der Waals surface area contributed by atoms with E-state index in [1.54, 1.807) is 0 Å². The molecule has 0 radical (unpaired) electrons. The van der Waals surface area contributed by atoms with Gasteiger partial charge in [-0.1, -0.05) is 38.3 Å². The molecule has 0 amide bonds. The van der Waals surface area contributed by atoms with Crippen LogP contribution in [0.15, 0.2) is 24.3 Å². The first-order chi connectivity index (χ1) is 9.79. The first kappa shape index (κ1) is 14.9. The molecule has 1 aromatic rings. The van der Waals surface area contributed by atoms with Crippen molar-refractivity contribution in [3.05, 3.63) is 29.8 Å². The van der Waals surface area contributed by atoms with E-state index in [9.17, 15) is 0 Å². The van der Waals surface area contributed by atoms with E-state index in [-0.39, 0.29) is 6.61 Å². The fourth-order valence-electron chi connectivity index (χ4n) is 2.92. The van der Waals surface area contributed by atoms with Crippen molar-refractivity contribution < 1.29 is 4.74 Å². The van der Waals surface area contributed by atoms with Crippen LogP contribution in [-0.2, 0) is 6.54 Å². The summed E-state index contributed by atoms with van der Waals surface area (Å²) in [4.78, 5) is 0. The molecule has 2 atom stereocenters. The molecule has 2 unspecified atom stereocenters. The predicted molar refractivity (Wildman–Crippen MR) is 80.4 cm³/mol. The Morgan fingerprint density at radius 2 is 2.00 bits per heavy atom. The van der Waals surface area contributed by atoms with Gasteiger partial charge in [-0.05, 0) is 42.5 Å². The van der Waals surface area contributed by atoms with E-state index in [4.69, 9.17) is 10.00 Å². The molecule has 20 heavy (non-hydrogen) atoms. The van der Waals surface area contributed by atoms with Gasteiger partial charge in [-0.25, -0.2) is 0 Å². The Kier molecular flexibility index (Phi) is 5.88. The molecule has 0 spiro atoms. The Labute approximate surface area is 121 Å². The summed E-state index contributed by atoms with van der Waals surface area (Å²) in [5.41, 5.74) is 1.26. The lowest BCUT2D eigenvalue weighted by molar-refractivity contribution is 0.247. The standard InChI is InChI=1S/C17H24N2O/c1-14-4-2-3-5-16(14)13-19-12-15-6-8-17(9-7-15)20-11-10-18/h6-9,14,16,19H,2-5,11-13H2,1H3. The number of ether oxygens (including phenoxy) is 1. The van der Waals surface area contributed by atoms with Crippen LogP contribution in [0.4, 0.5) is 0 Å². The molecule has 1 aliphatic carbocycles. The highest BCUT2D eigenvalue weighted by Crippen LogP contribution is 2.28. The molecule has 3 heteroatoms. The summed E-state index contributed by atoms with van der Waals surface area (Å²) in [6.07, 6.45) is 5.55. The molecule has 3 nitrogen and oxygen atoms in total. The summed E-state index contributed by atoms with van der Waals surface area (Å²) in [6.45, 7) is 4.51. The molecular weight excluding hydrogens is 248 g/mol. The number of nitrogens with zero attached hydrogens (tertiary/aromatic N) is 1. The highest BCUT2D eigenvalue weighted by Gasteiger charge is 2.20. The Hall–Kier alpha value is -1.53. The zero-order valence-corrected chi connectivity index (χ0v) is 12.3. The second-order valence-corrected chi connectivity index (χ2v) is 5.74. The molecule has 0 saturated heterocycles. The zero-order chi connectivity index (χ0) is 14.2. The van der Waals surface area contributed by atoms with Gasteiger partial charge in [0.15, 0.2) is 6.61 Å². The summed E-state index contributed by atoms with van der Waals surface area (Å²) >= 11 is 0. The van der Waals surface area contributed by atoms with E-state index in [1.165, 1.54) is 31.2 Å². The van der Waals surface area contributed by atoms with Crippen LogP contribution in [0, 0.1) is 23.2 Å². The SMILES string of the molecule is CC1CCCCC1CNCc1ccc(OCC#N)cc1. The van der Waals surface area contributed by atoms with Gasteiger partial charge in [0.25, 0.3) is 0 Å². The molecule has 1 fully saturated rings. The van der Waals surface area contributed by atoms with Crippen LogP contribution in [0.3, 0.4) is 0 Å². The normalized spacial score (nSPS) is 22.2. The third kappa shape index (κ3) is 4.54. The number of hydrogen-bond acceptors (Lipinski definition) is 3. The Morgan fingerprint density at radius 1 is 1.25 bits per heavy atom. The van der Waals surface area contributed by atoms with Crippen LogP contribution < -0.4 is 10.1 Å². The van der Waals surface area contributed by atoms with Crippen LogP contribution in [0.2, 0.25) is 0 Å². The van der Waals surface area contributed by atoms with Crippen molar-refractivity contribution in [2.24, 2.45) is 11.8 Å². The number of nitrogens with one attached hydrogen (secondary N) is 1. The lowest BCUT2D eigenvalue weighted by atomic mass is 9.80. The van der Waals surface area contributed by atoms with Crippen molar-refractivity contribution in [3.63, 3.8) is 0 Å². The van der Waals surface area contributed by atoms with Crippen LogP contribution in [0.5, 0.6) is 5.75 Å². The van der Waals surface area contributed by atoms with Crippen molar-refractivity contribution in [2.75, 3.05) is 13.2 Å². The van der Waals surface area contributed by atoms with Gasteiger partial charge < -0.3 is 10.1 Å². The quantitative estimate of drug-likeness (QED) is 0.862. The predicted octanol–water partition coefficient (Wildman–Crippen LogP) is 3.50. The summed E-state index contributed by atoms with van der Waals surface area (Å²) < 4.78 is 5.24. The van der Waals surface area contributed by atoms with E-state index in [1.807, 2.05) is 18.2 Å². The molecule has 0 heterocycles. The average Bonchev–Trinajstić information content (AvgIpc) is 2.48. The van der Waals surface area contributed by atoms with Gasteiger partial charge >= 0.3 is 0 Å². The maximum atomic E-state index is 8.46. The Bertz CT molecular complexity index is 435. The van der Waals surface area contributed by atoms with Crippen molar-refractivity contribution in [2.45, 2.75) is 39.2 Å². The van der Waals surface area contributed by atoms with Gasteiger partial charge in [-0.3, -0.25) is 0 Å². The molecule has 0 aliphatic heterocycles. The minimum Gasteiger partial charge on any atom is -0.479 e. The summed E-state index contributed by atoms with van der Waals surface area (Å²) in [5, 5.41) is 12.0. The molecule has 1 saturated carbocycles. The van der Waals surface area contributed by atoms with E-state index in [2.05, 4.69) is 24.4 Å².